The van der Waals surface area contributed by atoms with E-state index >= 15 is 0 Å². The van der Waals surface area contributed by atoms with Gasteiger partial charge in [-0.25, -0.2) is 4.79 Å². The molecule has 1 amide bonds. The fourth-order valence-electron chi connectivity index (χ4n) is 1.46. The topological polar surface area (TPSA) is 67.8 Å². The van der Waals surface area contributed by atoms with Crippen molar-refractivity contribution in [2.24, 2.45) is 0 Å². The second-order valence-corrected chi connectivity index (χ2v) is 3.34. The zero-order valence-electron chi connectivity index (χ0n) is 8.36. The van der Waals surface area contributed by atoms with Crippen LogP contribution in [0.1, 0.15) is 19.8 Å². The fraction of sp³-hybridized carbons (Fsp3) is 0.889. The van der Waals surface area contributed by atoms with Gasteiger partial charge in [-0.3, -0.25) is 0 Å². The quantitative estimate of drug-likeness (QED) is 0.688. The van der Waals surface area contributed by atoms with Crippen molar-refractivity contribution in [1.82, 2.24) is 5.32 Å². The van der Waals surface area contributed by atoms with Gasteiger partial charge >= 0.3 is 6.09 Å². The minimum atomic E-state index is -0.498. The summed E-state index contributed by atoms with van der Waals surface area (Å²) < 4.78 is 10.1. The van der Waals surface area contributed by atoms with Crippen LogP contribution in [0.2, 0.25) is 0 Å². The number of carbonyl (C=O) groups excluding carboxylic acids is 1. The van der Waals surface area contributed by atoms with Crippen molar-refractivity contribution < 1.29 is 19.4 Å². The van der Waals surface area contributed by atoms with E-state index in [1.807, 2.05) is 6.92 Å². The first kappa shape index (κ1) is 11.3. The number of ether oxygens (including phenoxy) is 2. The molecule has 0 aliphatic carbocycles. The van der Waals surface area contributed by atoms with E-state index < -0.39 is 6.09 Å². The summed E-state index contributed by atoms with van der Waals surface area (Å²) in [6.07, 6.45) is 1.61. The molecule has 0 radical (unpaired) electrons. The Morgan fingerprint density at radius 1 is 1.79 bits per heavy atom. The van der Waals surface area contributed by atoms with Crippen molar-refractivity contribution in [1.29, 1.82) is 0 Å². The number of amides is 1. The predicted molar refractivity (Wildman–Crippen MR) is 50.0 cm³/mol. The van der Waals surface area contributed by atoms with Crippen molar-refractivity contribution in [3.63, 3.8) is 0 Å². The molecule has 0 bridgehead atoms. The summed E-state index contributed by atoms with van der Waals surface area (Å²) >= 11 is 0. The third-order valence-corrected chi connectivity index (χ3v) is 2.19. The molecule has 0 aromatic rings. The van der Waals surface area contributed by atoms with Gasteiger partial charge in [0.15, 0.2) is 0 Å². The van der Waals surface area contributed by atoms with E-state index in [2.05, 4.69) is 10.1 Å². The van der Waals surface area contributed by atoms with Crippen molar-refractivity contribution in [2.45, 2.75) is 31.9 Å². The van der Waals surface area contributed by atoms with Gasteiger partial charge in [-0.05, 0) is 19.8 Å². The number of hydrogen-bond donors (Lipinski definition) is 2. The maximum atomic E-state index is 11.1. The Labute approximate surface area is 83.4 Å². The zero-order valence-corrected chi connectivity index (χ0v) is 8.36. The lowest BCUT2D eigenvalue weighted by molar-refractivity contribution is 0.0731. The van der Waals surface area contributed by atoms with E-state index in [0.717, 1.165) is 19.4 Å². The van der Waals surface area contributed by atoms with Crippen LogP contribution < -0.4 is 5.32 Å². The van der Waals surface area contributed by atoms with E-state index in [9.17, 15) is 4.79 Å². The highest BCUT2D eigenvalue weighted by Gasteiger charge is 2.23. The van der Waals surface area contributed by atoms with Crippen LogP contribution in [0.3, 0.4) is 0 Å². The SMILES string of the molecule is CC(NC(=O)OCCO)C1CCCO1. The van der Waals surface area contributed by atoms with Gasteiger partial charge in [-0.15, -0.1) is 0 Å². The molecular formula is C9H17NO4. The van der Waals surface area contributed by atoms with Crippen LogP contribution in [0.15, 0.2) is 0 Å². The van der Waals surface area contributed by atoms with Crippen LogP contribution in [-0.4, -0.2) is 43.2 Å². The smallest absolute Gasteiger partial charge is 0.407 e. The second-order valence-electron chi connectivity index (χ2n) is 3.34. The van der Waals surface area contributed by atoms with Crippen molar-refractivity contribution >= 4 is 6.09 Å². The summed E-state index contributed by atoms with van der Waals surface area (Å²) in [5, 5.41) is 11.1. The average molecular weight is 203 g/mol. The molecule has 1 fully saturated rings. The summed E-state index contributed by atoms with van der Waals surface area (Å²) in [4.78, 5) is 11.1. The predicted octanol–water partition coefficient (Wildman–Crippen LogP) is 0.272. The monoisotopic (exact) mass is 203 g/mol. The molecular weight excluding hydrogens is 186 g/mol. The van der Waals surface area contributed by atoms with Gasteiger partial charge in [0, 0.05) is 6.61 Å². The summed E-state index contributed by atoms with van der Waals surface area (Å²) in [6, 6.07) is -0.0382. The molecule has 5 heteroatoms. The first-order chi connectivity index (χ1) is 6.74. The number of hydrogen-bond acceptors (Lipinski definition) is 4. The lowest BCUT2D eigenvalue weighted by Gasteiger charge is -2.19. The average Bonchev–Trinajstić information content (AvgIpc) is 2.67. The van der Waals surface area contributed by atoms with Gasteiger partial charge in [-0.2, -0.15) is 0 Å². The fourth-order valence-corrected chi connectivity index (χ4v) is 1.46. The Hall–Kier alpha value is -0.810. The highest BCUT2D eigenvalue weighted by Crippen LogP contribution is 2.15. The normalized spacial score (nSPS) is 23.1. The van der Waals surface area contributed by atoms with Gasteiger partial charge in [-0.1, -0.05) is 0 Å². The molecule has 0 aromatic carbocycles. The minimum absolute atomic E-state index is 0.0318. The van der Waals surface area contributed by atoms with Crippen molar-refractivity contribution in [3.05, 3.63) is 0 Å². The molecule has 2 N–H and O–H groups in total. The molecule has 0 saturated carbocycles. The summed E-state index contributed by atoms with van der Waals surface area (Å²) in [6.45, 7) is 2.53. The van der Waals surface area contributed by atoms with Gasteiger partial charge in [0.05, 0.1) is 18.8 Å². The Morgan fingerprint density at radius 2 is 2.57 bits per heavy atom. The summed E-state index contributed by atoms with van der Waals surface area (Å²) in [5.41, 5.74) is 0. The zero-order chi connectivity index (χ0) is 10.4. The molecule has 1 saturated heterocycles. The number of carbonyl (C=O) groups is 1. The van der Waals surface area contributed by atoms with Crippen LogP contribution in [0, 0.1) is 0 Å². The van der Waals surface area contributed by atoms with Crippen LogP contribution in [0.25, 0.3) is 0 Å². The number of rotatable bonds is 4. The first-order valence-electron chi connectivity index (χ1n) is 4.90. The highest BCUT2D eigenvalue weighted by atomic mass is 16.6. The largest absolute Gasteiger partial charge is 0.447 e. The van der Waals surface area contributed by atoms with E-state index in [1.54, 1.807) is 0 Å². The third-order valence-electron chi connectivity index (χ3n) is 2.19. The Morgan fingerprint density at radius 3 is 3.14 bits per heavy atom. The molecule has 1 heterocycles. The van der Waals surface area contributed by atoms with Gasteiger partial charge in [0.25, 0.3) is 0 Å². The Kier molecular flexibility index (Phi) is 4.69. The Balaban J connectivity index is 2.18. The first-order valence-corrected chi connectivity index (χ1v) is 4.90. The molecule has 2 atom stereocenters. The number of aliphatic hydroxyl groups is 1. The molecule has 0 aromatic heterocycles. The highest BCUT2D eigenvalue weighted by molar-refractivity contribution is 5.67. The van der Waals surface area contributed by atoms with E-state index in [0.29, 0.717) is 0 Å². The second kappa shape index (κ2) is 5.82. The van der Waals surface area contributed by atoms with Crippen LogP contribution in [0.4, 0.5) is 4.79 Å². The lowest BCUT2D eigenvalue weighted by Crippen LogP contribution is -2.41. The molecule has 0 spiro atoms. The number of alkyl carbamates (subject to hydrolysis) is 1. The van der Waals surface area contributed by atoms with E-state index in [-0.39, 0.29) is 25.4 Å². The van der Waals surface area contributed by atoms with Crippen LogP contribution in [-0.2, 0) is 9.47 Å². The lowest BCUT2D eigenvalue weighted by atomic mass is 10.1. The van der Waals surface area contributed by atoms with Gasteiger partial charge < -0.3 is 19.9 Å². The summed E-state index contributed by atoms with van der Waals surface area (Å²) in [7, 11) is 0. The van der Waals surface area contributed by atoms with Gasteiger partial charge in [0.2, 0.25) is 0 Å². The van der Waals surface area contributed by atoms with Crippen LogP contribution >= 0.6 is 0 Å². The van der Waals surface area contributed by atoms with Crippen molar-refractivity contribution in [2.75, 3.05) is 19.8 Å². The Bertz CT molecular complexity index is 180. The molecule has 14 heavy (non-hydrogen) atoms. The van der Waals surface area contributed by atoms with Crippen molar-refractivity contribution in [3.8, 4) is 0 Å². The molecule has 82 valence electrons. The number of aliphatic hydroxyl groups excluding tert-OH is 1. The maximum absolute atomic E-state index is 11.1. The third kappa shape index (κ3) is 3.51. The summed E-state index contributed by atoms with van der Waals surface area (Å²) in [5.74, 6) is 0. The molecule has 1 aliphatic rings. The molecule has 1 aliphatic heterocycles. The van der Waals surface area contributed by atoms with E-state index in [4.69, 9.17) is 9.84 Å². The number of nitrogens with one attached hydrogen (secondary N) is 1. The van der Waals surface area contributed by atoms with Crippen LogP contribution in [0.5, 0.6) is 0 Å². The van der Waals surface area contributed by atoms with Gasteiger partial charge in [0.1, 0.15) is 6.61 Å². The molecule has 5 nitrogen and oxygen atoms in total. The van der Waals surface area contributed by atoms with E-state index in [1.165, 1.54) is 0 Å². The molecule has 2 unspecified atom stereocenters. The minimum Gasteiger partial charge on any atom is -0.447 e. The molecule has 1 rings (SSSR count). The standard InChI is InChI=1S/C9H17NO4/c1-7(8-3-2-5-13-8)10-9(12)14-6-4-11/h7-8,11H,2-6H2,1H3,(H,10,12). The maximum Gasteiger partial charge on any atom is 0.407 e.